The van der Waals surface area contributed by atoms with Crippen LogP contribution in [0.3, 0.4) is 0 Å². The molecule has 1 atom stereocenters. The zero-order chi connectivity index (χ0) is 14.3. The highest BCUT2D eigenvalue weighted by atomic mass is 32.1. The summed E-state index contributed by atoms with van der Waals surface area (Å²) in [5.74, 6) is 4.41. The first-order valence-electron chi connectivity index (χ1n) is 5.75. The van der Waals surface area contributed by atoms with E-state index in [0.717, 1.165) is 0 Å². The molecule has 0 aliphatic heterocycles. The Bertz CT molecular complexity index is 512. The second kappa shape index (κ2) is 7.56. The van der Waals surface area contributed by atoms with E-state index in [9.17, 15) is 9.59 Å². The van der Waals surface area contributed by atoms with Crippen molar-refractivity contribution in [3.8, 4) is 11.8 Å². The lowest BCUT2D eigenvalue weighted by molar-refractivity contribution is -0.144. The highest BCUT2D eigenvalue weighted by Gasteiger charge is 2.18. The molecule has 102 valence electrons. The van der Waals surface area contributed by atoms with Gasteiger partial charge >= 0.3 is 5.97 Å². The van der Waals surface area contributed by atoms with E-state index in [1.807, 2.05) is 0 Å². The number of hydrogen-bond acceptors (Lipinski definition) is 5. The average Bonchev–Trinajstić information content (AvgIpc) is 2.85. The van der Waals surface area contributed by atoms with E-state index in [4.69, 9.17) is 9.84 Å². The molecule has 19 heavy (non-hydrogen) atoms. The number of rotatable bonds is 4. The molecule has 0 radical (unpaired) electrons. The van der Waals surface area contributed by atoms with Crippen LogP contribution >= 0.6 is 11.3 Å². The Morgan fingerprint density at radius 2 is 2.26 bits per heavy atom. The smallest absolute Gasteiger partial charge is 0.328 e. The summed E-state index contributed by atoms with van der Waals surface area (Å²) >= 11 is 1.20. The van der Waals surface area contributed by atoms with Crippen LogP contribution in [-0.4, -0.2) is 36.2 Å². The number of ether oxygens (including phenoxy) is 1. The van der Waals surface area contributed by atoms with E-state index in [-0.39, 0.29) is 19.1 Å². The van der Waals surface area contributed by atoms with Crippen LogP contribution in [0.4, 0.5) is 0 Å². The zero-order valence-corrected chi connectivity index (χ0v) is 11.5. The highest BCUT2D eigenvalue weighted by molar-refractivity contribution is 7.14. The highest BCUT2D eigenvalue weighted by Crippen LogP contribution is 2.15. The molecule has 0 bridgehead atoms. The molecule has 6 heteroatoms. The third-order valence-electron chi connectivity index (χ3n) is 2.11. The molecule has 0 fully saturated rings. The molecule has 1 rings (SSSR count). The van der Waals surface area contributed by atoms with Crippen LogP contribution in [0.25, 0.3) is 0 Å². The molecule has 2 N–H and O–H groups in total. The van der Waals surface area contributed by atoms with E-state index in [0.29, 0.717) is 9.75 Å². The molecule has 1 heterocycles. The second-order valence-electron chi connectivity index (χ2n) is 3.57. The Hall–Kier alpha value is -1.84. The second-order valence-corrected chi connectivity index (χ2v) is 4.65. The Balaban J connectivity index is 2.63. The average molecular weight is 281 g/mol. The predicted octanol–water partition coefficient (Wildman–Crippen LogP) is 0.773. The standard InChI is InChI=1S/C13H15NO4S/c1-3-18-13(17)9(2)14-12(16)11-7-6-10(19-11)5-4-8-15/h6-7,9,15H,3,8H2,1-2H3,(H,14,16). The van der Waals surface area contributed by atoms with Gasteiger partial charge in [-0.1, -0.05) is 11.8 Å². The van der Waals surface area contributed by atoms with Gasteiger partial charge < -0.3 is 15.2 Å². The first-order valence-corrected chi connectivity index (χ1v) is 6.57. The third kappa shape index (κ3) is 4.73. The van der Waals surface area contributed by atoms with Gasteiger partial charge in [0.05, 0.1) is 16.4 Å². The molecule has 1 aromatic rings. The number of amides is 1. The van der Waals surface area contributed by atoms with Crippen molar-refractivity contribution in [1.29, 1.82) is 0 Å². The summed E-state index contributed by atoms with van der Waals surface area (Å²) in [6.07, 6.45) is 0. The number of hydrogen-bond donors (Lipinski definition) is 2. The number of esters is 1. The van der Waals surface area contributed by atoms with Crippen LogP contribution in [0, 0.1) is 11.8 Å². The fraction of sp³-hybridized carbons (Fsp3) is 0.385. The monoisotopic (exact) mass is 281 g/mol. The molecule has 1 unspecified atom stereocenters. The summed E-state index contributed by atoms with van der Waals surface area (Å²) in [5, 5.41) is 11.1. The number of nitrogens with one attached hydrogen (secondary N) is 1. The molecule has 5 nitrogen and oxygen atoms in total. The third-order valence-corrected chi connectivity index (χ3v) is 3.11. The summed E-state index contributed by atoms with van der Waals surface area (Å²) in [6.45, 7) is 3.33. The lowest BCUT2D eigenvalue weighted by Gasteiger charge is -2.11. The molecule has 0 saturated carbocycles. The Labute approximate surface area is 115 Å². The largest absolute Gasteiger partial charge is 0.464 e. The van der Waals surface area contributed by atoms with Crippen LogP contribution in [0.5, 0.6) is 0 Å². The fourth-order valence-corrected chi connectivity index (χ4v) is 2.03. The topological polar surface area (TPSA) is 75.6 Å². The van der Waals surface area contributed by atoms with Crippen molar-refractivity contribution in [3.05, 3.63) is 21.9 Å². The zero-order valence-electron chi connectivity index (χ0n) is 10.7. The fourth-order valence-electron chi connectivity index (χ4n) is 1.25. The van der Waals surface area contributed by atoms with E-state index in [2.05, 4.69) is 17.2 Å². The number of thiophene rings is 1. The van der Waals surface area contributed by atoms with Crippen LogP contribution in [-0.2, 0) is 9.53 Å². The molecular formula is C13H15NO4S. The van der Waals surface area contributed by atoms with Gasteiger partial charge in [-0.05, 0) is 26.0 Å². The van der Waals surface area contributed by atoms with Crippen LogP contribution < -0.4 is 5.32 Å². The van der Waals surface area contributed by atoms with Gasteiger partial charge in [0.15, 0.2) is 0 Å². The normalized spacial score (nSPS) is 11.1. The maximum absolute atomic E-state index is 11.8. The summed E-state index contributed by atoms with van der Waals surface area (Å²) in [7, 11) is 0. The summed E-state index contributed by atoms with van der Waals surface area (Å²) in [6, 6.07) is 2.62. The molecule has 0 spiro atoms. The van der Waals surface area contributed by atoms with Crippen molar-refractivity contribution in [3.63, 3.8) is 0 Å². The summed E-state index contributed by atoms with van der Waals surface area (Å²) in [4.78, 5) is 24.4. The van der Waals surface area contributed by atoms with Crippen LogP contribution in [0.15, 0.2) is 12.1 Å². The number of aliphatic hydroxyl groups excluding tert-OH is 1. The van der Waals surface area contributed by atoms with Gasteiger partial charge in [-0.15, -0.1) is 11.3 Å². The number of carbonyl (C=O) groups is 2. The van der Waals surface area contributed by atoms with Gasteiger partial charge in [0.1, 0.15) is 12.6 Å². The minimum absolute atomic E-state index is 0.223. The van der Waals surface area contributed by atoms with Gasteiger partial charge in [-0.3, -0.25) is 4.79 Å². The number of aliphatic hydroxyl groups is 1. The van der Waals surface area contributed by atoms with Crippen molar-refractivity contribution in [2.45, 2.75) is 19.9 Å². The van der Waals surface area contributed by atoms with Crippen molar-refractivity contribution in [1.82, 2.24) is 5.32 Å². The van der Waals surface area contributed by atoms with Crippen LogP contribution in [0.2, 0.25) is 0 Å². The number of carbonyl (C=O) groups excluding carboxylic acids is 2. The van der Waals surface area contributed by atoms with Gasteiger partial charge in [-0.25, -0.2) is 4.79 Å². The van der Waals surface area contributed by atoms with E-state index in [1.54, 1.807) is 26.0 Å². The summed E-state index contributed by atoms with van der Waals surface area (Å²) in [5.41, 5.74) is 0. The maximum Gasteiger partial charge on any atom is 0.328 e. The Kier molecular flexibility index (Phi) is 6.06. The first-order chi connectivity index (χ1) is 9.08. The molecule has 0 aliphatic rings. The lowest BCUT2D eigenvalue weighted by Crippen LogP contribution is -2.39. The van der Waals surface area contributed by atoms with Crippen molar-refractivity contribution in [2.75, 3.05) is 13.2 Å². The van der Waals surface area contributed by atoms with Crippen molar-refractivity contribution >= 4 is 23.2 Å². The molecular weight excluding hydrogens is 266 g/mol. The van der Waals surface area contributed by atoms with E-state index < -0.39 is 12.0 Å². The molecule has 1 amide bonds. The predicted molar refractivity (Wildman–Crippen MR) is 71.8 cm³/mol. The quantitative estimate of drug-likeness (QED) is 0.631. The minimum atomic E-state index is -0.693. The molecule has 0 aliphatic carbocycles. The van der Waals surface area contributed by atoms with Gasteiger partial charge in [0.25, 0.3) is 5.91 Å². The van der Waals surface area contributed by atoms with Gasteiger partial charge in [-0.2, -0.15) is 0 Å². The van der Waals surface area contributed by atoms with Crippen molar-refractivity contribution < 1.29 is 19.4 Å². The molecule has 1 aromatic heterocycles. The van der Waals surface area contributed by atoms with Crippen LogP contribution in [0.1, 0.15) is 28.4 Å². The Morgan fingerprint density at radius 1 is 1.53 bits per heavy atom. The van der Waals surface area contributed by atoms with E-state index >= 15 is 0 Å². The maximum atomic E-state index is 11.8. The Morgan fingerprint density at radius 3 is 2.89 bits per heavy atom. The molecule has 0 saturated heterocycles. The van der Waals surface area contributed by atoms with E-state index in [1.165, 1.54) is 11.3 Å². The van der Waals surface area contributed by atoms with Gasteiger partial charge in [0.2, 0.25) is 0 Å². The van der Waals surface area contributed by atoms with Crippen molar-refractivity contribution in [2.24, 2.45) is 0 Å². The summed E-state index contributed by atoms with van der Waals surface area (Å²) < 4.78 is 4.80. The lowest BCUT2D eigenvalue weighted by atomic mass is 10.3. The minimum Gasteiger partial charge on any atom is -0.464 e. The molecule has 0 aromatic carbocycles. The first kappa shape index (κ1) is 15.2. The SMILES string of the molecule is CCOC(=O)C(C)NC(=O)c1ccc(C#CCO)s1. The van der Waals surface area contributed by atoms with Gasteiger partial charge in [0, 0.05) is 0 Å².